The molecule has 24 heavy (non-hydrogen) atoms. The van der Waals surface area contributed by atoms with E-state index < -0.39 is 11.7 Å². The van der Waals surface area contributed by atoms with Gasteiger partial charge in [0.25, 0.3) is 0 Å². The number of nitrogens with one attached hydrogen (secondary N) is 1. The lowest BCUT2D eigenvalue weighted by molar-refractivity contribution is 0.0488. The van der Waals surface area contributed by atoms with Crippen LogP contribution in [0.25, 0.3) is 0 Å². The van der Waals surface area contributed by atoms with Crippen LogP contribution in [-0.4, -0.2) is 23.8 Å². The Kier molecular flexibility index (Phi) is 6.49. The molecule has 134 valence electrons. The zero-order chi connectivity index (χ0) is 17.7. The van der Waals surface area contributed by atoms with Gasteiger partial charge in [0.1, 0.15) is 23.3 Å². The van der Waals surface area contributed by atoms with Gasteiger partial charge in [-0.05, 0) is 68.1 Å². The number of halogens is 2. The van der Waals surface area contributed by atoms with E-state index in [9.17, 15) is 9.18 Å². The fourth-order valence-electron chi connectivity index (χ4n) is 2.78. The SMILES string of the molecule is CC(C)(C)OC(=O)NC1CCCCC(Oc2cccc(F)c2Br)C1. The van der Waals surface area contributed by atoms with E-state index in [2.05, 4.69) is 21.2 Å². The molecule has 1 aromatic rings. The number of hydrogen-bond acceptors (Lipinski definition) is 3. The molecule has 6 heteroatoms. The first-order valence-corrected chi connectivity index (χ1v) is 9.14. The third kappa shape index (κ3) is 5.96. The van der Waals surface area contributed by atoms with Crippen LogP contribution in [0.5, 0.6) is 5.75 Å². The highest BCUT2D eigenvalue weighted by Crippen LogP contribution is 2.31. The molecule has 0 spiro atoms. The van der Waals surface area contributed by atoms with Gasteiger partial charge in [-0.1, -0.05) is 12.5 Å². The Morgan fingerprint density at radius 1 is 1.29 bits per heavy atom. The van der Waals surface area contributed by atoms with Crippen molar-refractivity contribution in [3.8, 4) is 5.75 Å². The van der Waals surface area contributed by atoms with E-state index in [1.807, 2.05) is 20.8 Å². The van der Waals surface area contributed by atoms with Gasteiger partial charge in [0.15, 0.2) is 0 Å². The predicted molar refractivity (Wildman–Crippen MR) is 94.8 cm³/mol. The summed E-state index contributed by atoms with van der Waals surface area (Å²) in [6, 6.07) is 4.76. The van der Waals surface area contributed by atoms with E-state index in [0.29, 0.717) is 16.6 Å². The Morgan fingerprint density at radius 3 is 2.71 bits per heavy atom. The number of carbonyl (C=O) groups excluding carboxylic acids is 1. The van der Waals surface area contributed by atoms with Gasteiger partial charge in [-0.2, -0.15) is 0 Å². The van der Waals surface area contributed by atoms with Gasteiger partial charge in [0, 0.05) is 12.5 Å². The highest BCUT2D eigenvalue weighted by molar-refractivity contribution is 9.10. The van der Waals surface area contributed by atoms with Crippen LogP contribution in [-0.2, 0) is 4.74 Å². The zero-order valence-electron chi connectivity index (χ0n) is 14.4. The molecule has 4 nitrogen and oxygen atoms in total. The standard InChI is InChI=1S/C18H25BrFNO3/c1-18(2,3)24-17(22)21-12-7-4-5-8-13(11-12)23-15-10-6-9-14(20)16(15)19/h6,9-10,12-13H,4-5,7-8,11H2,1-3H3,(H,21,22). The van der Waals surface area contributed by atoms with Crippen LogP contribution in [0.15, 0.2) is 22.7 Å². The summed E-state index contributed by atoms with van der Waals surface area (Å²) in [6.45, 7) is 5.52. The lowest BCUT2D eigenvalue weighted by atomic mass is 10.1. The Hall–Kier alpha value is -1.30. The van der Waals surface area contributed by atoms with Gasteiger partial charge >= 0.3 is 6.09 Å². The molecule has 0 bridgehead atoms. The van der Waals surface area contributed by atoms with Crippen LogP contribution in [0.3, 0.4) is 0 Å². The predicted octanol–water partition coefficient (Wildman–Crippen LogP) is 5.19. The van der Waals surface area contributed by atoms with Gasteiger partial charge in [-0.3, -0.25) is 0 Å². The molecule has 1 aliphatic carbocycles. The topological polar surface area (TPSA) is 47.6 Å². The summed E-state index contributed by atoms with van der Waals surface area (Å²) in [5.74, 6) is 0.155. The zero-order valence-corrected chi connectivity index (χ0v) is 16.0. The molecule has 1 fully saturated rings. The van der Waals surface area contributed by atoms with Crippen molar-refractivity contribution in [2.24, 2.45) is 0 Å². The van der Waals surface area contributed by atoms with Gasteiger partial charge in [-0.25, -0.2) is 9.18 Å². The van der Waals surface area contributed by atoms with E-state index in [-0.39, 0.29) is 18.0 Å². The van der Waals surface area contributed by atoms with Crippen LogP contribution in [0.2, 0.25) is 0 Å². The Balaban J connectivity index is 1.97. The van der Waals surface area contributed by atoms with E-state index in [0.717, 1.165) is 25.7 Å². The van der Waals surface area contributed by atoms with Crippen molar-refractivity contribution in [1.82, 2.24) is 5.32 Å². The van der Waals surface area contributed by atoms with Crippen LogP contribution >= 0.6 is 15.9 Å². The maximum absolute atomic E-state index is 13.6. The van der Waals surface area contributed by atoms with Gasteiger partial charge < -0.3 is 14.8 Å². The number of amides is 1. The third-order valence-electron chi connectivity index (χ3n) is 3.81. The molecule has 1 saturated carbocycles. The lowest BCUT2D eigenvalue weighted by Gasteiger charge is -2.25. The van der Waals surface area contributed by atoms with Crippen molar-refractivity contribution >= 4 is 22.0 Å². The van der Waals surface area contributed by atoms with E-state index in [1.54, 1.807) is 12.1 Å². The molecule has 0 aromatic heterocycles. The number of alkyl carbamates (subject to hydrolysis) is 1. The number of hydrogen-bond donors (Lipinski definition) is 1. The molecule has 2 unspecified atom stereocenters. The second-order valence-corrected chi connectivity index (χ2v) is 7.95. The minimum Gasteiger partial charge on any atom is -0.489 e. The summed E-state index contributed by atoms with van der Waals surface area (Å²) in [6.07, 6.45) is 4.03. The fraction of sp³-hybridized carbons (Fsp3) is 0.611. The van der Waals surface area contributed by atoms with Crippen LogP contribution < -0.4 is 10.1 Å². The summed E-state index contributed by atoms with van der Waals surface area (Å²) in [4.78, 5) is 12.0. The van der Waals surface area contributed by atoms with Gasteiger partial charge in [0.05, 0.1) is 4.47 Å². The Labute approximate surface area is 151 Å². The largest absolute Gasteiger partial charge is 0.489 e. The molecule has 0 aliphatic heterocycles. The summed E-state index contributed by atoms with van der Waals surface area (Å²) in [5.41, 5.74) is -0.517. The number of carbonyl (C=O) groups is 1. The van der Waals surface area contributed by atoms with Gasteiger partial charge in [-0.15, -0.1) is 0 Å². The molecule has 1 amide bonds. The maximum Gasteiger partial charge on any atom is 0.407 e. The molecular formula is C18H25BrFNO3. The Bertz CT molecular complexity index is 574. The highest BCUT2D eigenvalue weighted by Gasteiger charge is 2.25. The van der Waals surface area contributed by atoms with E-state index in [4.69, 9.17) is 9.47 Å². The number of ether oxygens (including phenoxy) is 2. The first-order valence-electron chi connectivity index (χ1n) is 8.35. The van der Waals surface area contributed by atoms with Crippen molar-refractivity contribution in [3.63, 3.8) is 0 Å². The van der Waals surface area contributed by atoms with Crippen LogP contribution in [0.4, 0.5) is 9.18 Å². The summed E-state index contributed by atoms with van der Waals surface area (Å²) < 4.78 is 25.3. The molecule has 0 saturated heterocycles. The third-order valence-corrected chi connectivity index (χ3v) is 4.58. The average Bonchev–Trinajstić information content (AvgIpc) is 2.67. The van der Waals surface area contributed by atoms with E-state index in [1.165, 1.54) is 6.07 Å². The minimum absolute atomic E-state index is 0.000292. The van der Waals surface area contributed by atoms with Crippen LogP contribution in [0.1, 0.15) is 52.9 Å². The smallest absolute Gasteiger partial charge is 0.407 e. The maximum atomic E-state index is 13.6. The summed E-state index contributed by atoms with van der Waals surface area (Å²) in [5, 5.41) is 2.93. The van der Waals surface area contributed by atoms with Crippen molar-refractivity contribution < 1.29 is 18.7 Å². The number of benzene rings is 1. The summed E-state index contributed by atoms with van der Waals surface area (Å²) >= 11 is 3.23. The second-order valence-electron chi connectivity index (χ2n) is 7.16. The van der Waals surface area contributed by atoms with Crippen molar-refractivity contribution in [1.29, 1.82) is 0 Å². The molecule has 0 heterocycles. The van der Waals surface area contributed by atoms with Crippen molar-refractivity contribution in [2.75, 3.05) is 0 Å². The summed E-state index contributed by atoms with van der Waals surface area (Å²) in [7, 11) is 0. The highest BCUT2D eigenvalue weighted by atomic mass is 79.9. The first-order chi connectivity index (χ1) is 11.2. The molecular weight excluding hydrogens is 377 g/mol. The molecule has 1 N–H and O–H groups in total. The first kappa shape index (κ1) is 19.0. The van der Waals surface area contributed by atoms with Crippen LogP contribution in [0, 0.1) is 5.82 Å². The molecule has 2 rings (SSSR count). The molecule has 1 aliphatic rings. The quantitative estimate of drug-likeness (QED) is 0.708. The van der Waals surface area contributed by atoms with Crippen molar-refractivity contribution in [3.05, 3.63) is 28.5 Å². The second kappa shape index (κ2) is 8.19. The molecule has 1 aromatic carbocycles. The monoisotopic (exact) mass is 401 g/mol. The molecule has 2 atom stereocenters. The fourth-order valence-corrected chi connectivity index (χ4v) is 3.14. The average molecular weight is 402 g/mol. The lowest BCUT2D eigenvalue weighted by Crippen LogP contribution is -2.40. The van der Waals surface area contributed by atoms with E-state index >= 15 is 0 Å². The minimum atomic E-state index is -0.517. The normalized spacial score (nSPS) is 21.7. The van der Waals surface area contributed by atoms with Gasteiger partial charge in [0.2, 0.25) is 0 Å². The molecule has 0 radical (unpaired) electrons. The number of rotatable bonds is 3. The van der Waals surface area contributed by atoms with Crippen molar-refractivity contribution in [2.45, 2.75) is 70.6 Å². The Morgan fingerprint density at radius 2 is 2.00 bits per heavy atom.